The largest absolute Gasteiger partial charge is 0.323 e. The summed E-state index contributed by atoms with van der Waals surface area (Å²) in [6.45, 7) is 0. The molecule has 0 aliphatic heterocycles. The average molecular weight is 434 g/mol. The van der Waals surface area contributed by atoms with Crippen LogP contribution in [0.15, 0.2) is 84.0 Å². The first kappa shape index (κ1) is 20.6. The molecule has 31 heavy (non-hydrogen) atoms. The highest BCUT2D eigenvalue weighted by Gasteiger charge is 2.15. The Morgan fingerprint density at radius 1 is 0.839 bits per heavy atom. The Bertz CT molecular complexity index is 1210. The molecule has 0 spiro atoms. The van der Waals surface area contributed by atoms with E-state index in [1.54, 1.807) is 0 Å². The van der Waals surface area contributed by atoms with Crippen LogP contribution in [0.1, 0.15) is 0 Å². The molecule has 0 aliphatic rings. The molecular formula is C23H16F2N4OS. The van der Waals surface area contributed by atoms with Crippen molar-refractivity contribution in [1.82, 2.24) is 15.2 Å². The molecule has 154 valence electrons. The van der Waals surface area contributed by atoms with Crippen LogP contribution in [0.4, 0.5) is 14.5 Å². The maximum absolute atomic E-state index is 13.7. The Hall–Kier alpha value is -3.65. The van der Waals surface area contributed by atoms with Crippen LogP contribution < -0.4 is 5.32 Å². The fourth-order valence-corrected chi connectivity index (χ4v) is 3.45. The van der Waals surface area contributed by atoms with Crippen molar-refractivity contribution >= 4 is 23.4 Å². The van der Waals surface area contributed by atoms with Gasteiger partial charge in [-0.1, -0.05) is 72.4 Å². The monoisotopic (exact) mass is 434 g/mol. The molecule has 0 radical (unpaired) electrons. The second-order valence-electron chi connectivity index (χ2n) is 6.48. The first-order valence-corrected chi connectivity index (χ1v) is 10.3. The number of hydrogen-bond acceptors (Lipinski definition) is 5. The molecule has 0 unspecified atom stereocenters. The van der Waals surface area contributed by atoms with E-state index in [-0.39, 0.29) is 11.4 Å². The van der Waals surface area contributed by atoms with Crippen molar-refractivity contribution in [3.63, 3.8) is 0 Å². The number of halogens is 2. The van der Waals surface area contributed by atoms with E-state index in [1.807, 2.05) is 60.7 Å². The van der Waals surface area contributed by atoms with Crippen LogP contribution in [0.2, 0.25) is 0 Å². The summed E-state index contributed by atoms with van der Waals surface area (Å²) in [7, 11) is 0. The SMILES string of the molecule is O=C(CSc1nnc(-c2ccccc2)c(-c2ccccc2)n1)Nc1ccc(F)cc1F. The zero-order chi connectivity index (χ0) is 21.6. The van der Waals surface area contributed by atoms with Crippen molar-refractivity contribution in [2.75, 3.05) is 11.1 Å². The van der Waals surface area contributed by atoms with E-state index in [0.717, 1.165) is 29.0 Å². The maximum Gasteiger partial charge on any atom is 0.234 e. The number of nitrogens with zero attached hydrogens (tertiary/aromatic N) is 3. The number of aromatic nitrogens is 3. The average Bonchev–Trinajstić information content (AvgIpc) is 2.80. The van der Waals surface area contributed by atoms with Gasteiger partial charge in [-0.05, 0) is 12.1 Å². The van der Waals surface area contributed by atoms with Crippen LogP contribution in [-0.2, 0) is 4.79 Å². The molecule has 0 bridgehead atoms. The molecule has 5 nitrogen and oxygen atoms in total. The van der Waals surface area contributed by atoms with E-state index in [9.17, 15) is 13.6 Å². The number of amides is 1. The predicted octanol–water partition coefficient (Wildman–Crippen LogP) is 5.21. The van der Waals surface area contributed by atoms with Gasteiger partial charge in [0.25, 0.3) is 0 Å². The molecule has 0 saturated heterocycles. The molecule has 0 aliphatic carbocycles. The summed E-state index contributed by atoms with van der Waals surface area (Å²) in [6.07, 6.45) is 0. The maximum atomic E-state index is 13.7. The molecular weight excluding hydrogens is 418 g/mol. The van der Waals surface area contributed by atoms with Gasteiger partial charge in [-0.25, -0.2) is 13.8 Å². The Morgan fingerprint density at radius 2 is 1.48 bits per heavy atom. The highest BCUT2D eigenvalue weighted by Crippen LogP contribution is 2.29. The molecule has 4 aromatic rings. The van der Waals surface area contributed by atoms with Crippen LogP contribution >= 0.6 is 11.8 Å². The summed E-state index contributed by atoms with van der Waals surface area (Å²) in [5.41, 5.74) is 2.94. The number of hydrogen-bond donors (Lipinski definition) is 1. The molecule has 1 aromatic heterocycles. The Morgan fingerprint density at radius 3 is 2.13 bits per heavy atom. The van der Waals surface area contributed by atoms with E-state index in [1.165, 1.54) is 6.07 Å². The van der Waals surface area contributed by atoms with Gasteiger partial charge >= 0.3 is 0 Å². The highest BCUT2D eigenvalue weighted by molar-refractivity contribution is 7.99. The Labute approximate surface area is 181 Å². The molecule has 0 atom stereocenters. The Balaban J connectivity index is 1.54. The standard InChI is InChI=1S/C23H16F2N4OS/c24-17-11-12-19(18(25)13-17)26-20(30)14-31-23-27-21(15-7-3-1-4-8-15)22(28-29-23)16-9-5-2-6-10-16/h1-13H,14H2,(H,26,30). The quantitative estimate of drug-likeness (QED) is 0.422. The summed E-state index contributed by atoms with van der Waals surface area (Å²) < 4.78 is 26.7. The van der Waals surface area contributed by atoms with Crippen LogP contribution in [0.25, 0.3) is 22.5 Å². The minimum atomic E-state index is -0.838. The van der Waals surface area contributed by atoms with Gasteiger partial charge in [0, 0.05) is 17.2 Å². The molecule has 1 N–H and O–H groups in total. The van der Waals surface area contributed by atoms with Gasteiger partial charge in [0.15, 0.2) is 0 Å². The van der Waals surface area contributed by atoms with Gasteiger partial charge < -0.3 is 5.32 Å². The lowest BCUT2D eigenvalue weighted by Crippen LogP contribution is -2.15. The number of carbonyl (C=O) groups is 1. The lowest BCUT2D eigenvalue weighted by Gasteiger charge is -2.10. The first-order valence-electron chi connectivity index (χ1n) is 9.33. The minimum absolute atomic E-state index is 0.0581. The van der Waals surface area contributed by atoms with Crippen molar-refractivity contribution in [3.8, 4) is 22.5 Å². The zero-order valence-electron chi connectivity index (χ0n) is 16.1. The van der Waals surface area contributed by atoms with Gasteiger partial charge in [0.2, 0.25) is 11.1 Å². The van der Waals surface area contributed by atoms with Gasteiger partial charge in [-0.15, -0.1) is 10.2 Å². The smallest absolute Gasteiger partial charge is 0.234 e. The van der Waals surface area contributed by atoms with Crippen molar-refractivity contribution < 1.29 is 13.6 Å². The van der Waals surface area contributed by atoms with Gasteiger partial charge in [0.1, 0.15) is 23.0 Å². The first-order chi connectivity index (χ1) is 15.1. The predicted molar refractivity (Wildman–Crippen MR) is 116 cm³/mol. The van der Waals surface area contributed by atoms with E-state index < -0.39 is 17.5 Å². The molecule has 3 aromatic carbocycles. The number of thioether (sulfide) groups is 1. The molecule has 8 heteroatoms. The van der Waals surface area contributed by atoms with Gasteiger partial charge in [-0.3, -0.25) is 4.79 Å². The molecule has 0 fully saturated rings. The lowest BCUT2D eigenvalue weighted by atomic mass is 10.0. The fourth-order valence-electron chi connectivity index (χ4n) is 2.87. The van der Waals surface area contributed by atoms with E-state index >= 15 is 0 Å². The van der Waals surface area contributed by atoms with Crippen LogP contribution in [0.5, 0.6) is 0 Å². The summed E-state index contributed by atoms with van der Waals surface area (Å²) >= 11 is 1.08. The van der Waals surface area contributed by atoms with Crippen molar-refractivity contribution in [2.24, 2.45) is 0 Å². The third kappa shape index (κ3) is 5.10. The summed E-state index contributed by atoms with van der Waals surface area (Å²) in [4.78, 5) is 16.8. The number of nitrogens with one attached hydrogen (secondary N) is 1. The third-order valence-corrected chi connectivity index (χ3v) is 5.14. The normalized spacial score (nSPS) is 10.6. The fraction of sp³-hybridized carbons (Fsp3) is 0.0435. The topological polar surface area (TPSA) is 67.8 Å². The Kier molecular flexibility index (Phi) is 6.28. The van der Waals surface area contributed by atoms with Crippen molar-refractivity contribution in [2.45, 2.75) is 5.16 Å². The zero-order valence-corrected chi connectivity index (χ0v) is 16.9. The molecule has 1 heterocycles. The minimum Gasteiger partial charge on any atom is -0.323 e. The van der Waals surface area contributed by atoms with Gasteiger partial charge in [0.05, 0.1) is 11.4 Å². The van der Waals surface area contributed by atoms with Crippen LogP contribution in [0.3, 0.4) is 0 Å². The highest BCUT2D eigenvalue weighted by atomic mass is 32.2. The second kappa shape index (κ2) is 9.44. The molecule has 0 saturated carbocycles. The number of benzene rings is 3. The number of anilines is 1. The van der Waals surface area contributed by atoms with E-state index in [0.29, 0.717) is 22.6 Å². The number of rotatable bonds is 6. The van der Waals surface area contributed by atoms with Gasteiger partial charge in [-0.2, -0.15) is 0 Å². The van der Waals surface area contributed by atoms with Crippen LogP contribution in [0, 0.1) is 11.6 Å². The molecule has 4 rings (SSSR count). The number of carbonyl (C=O) groups excluding carboxylic acids is 1. The summed E-state index contributed by atoms with van der Waals surface area (Å²) in [5, 5.41) is 11.2. The van der Waals surface area contributed by atoms with Crippen LogP contribution in [-0.4, -0.2) is 26.8 Å². The van der Waals surface area contributed by atoms with E-state index in [4.69, 9.17) is 0 Å². The van der Waals surface area contributed by atoms with Crippen molar-refractivity contribution in [1.29, 1.82) is 0 Å². The van der Waals surface area contributed by atoms with E-state index in [2.05, 4.69) is 20.5 Å². The summed E-state index contributed by atoms with van der Waals surface area (Å²) in [5.74, 6) is -2.07. The third-order valence-electron chi connectivity index (χ3n) is 4.30. The molecule has 1 amide bonds. The lowest BCUT2D eigenvalue weighted by molar-refractivity contribution is -0.113. The van der Waals surface area contributed by atoms with Crippen molar-refractivity contribution in [3.05, 3.63) is 90.5 Å². The second-order valence-corrected chi connectivity index (χ2v) is 7.43. The summed E-state index contributed by atoms with van der Waals surface area (Å²) in [6, 6.07) is 22.1.